The molecule has 0 spiro atoms. The number of hydrogen-bond acceptors (Lipinski definition) is 1. The van der Waals surface area contributed by atoms with Gasteiger partial charge in [-0.15, -0.1) is 0 Å². The number of rotatable bonds is 3. The van der Waals surface area contributed by atoms with Crippen molar-refractivity contribution in [3.63, 3.8) is 0 Å². The fraction of sp³-hybridized carbons (Fsp3) is 0.636. The van der Waals surface area contributed by atoms with Crippen molar-refractivity contribution in [2.45, 2.75) is 32.9 Å². The predicted molar refractivity (Wildman–Crippen MR) is 54.4 cm³/mol. The normalized spacial score (nSPS) is 24.7. The molecular weight excluding hydrogens is 160 g/mol. The van der Waals surface area contributed by atoms with Crippen molar-refractivity contribution in [3.8, 4) is 0 Å². The summed E-state index contributed by atoms with van der Waals surface area (Å²) in [6.45, 7) is 5.63. The fourth-order valence-electron chi connectivity index (χ4n) is 1.72. The summed E-state index contributed by atoms with van der Waals surface area (Å²) in [5.41, 5.74) is 1.90. The average molecular weight is 178 g/mol. The van der Waals surface area contributed by atoms with Crippen molar-refractivity contribution < 1.29 is 0 Å². The number of nitrogens with one attached hydrogen (secondary N) is 1. The minimum atomic E-state index is 0.533. The molecule has 1 aromatic heterocycles. The Morgan fingerprint density at radius 3 is 2.77 bits per heavy atom. The molecule has 72 valence electrons. The highest BCUT2D eigenvalue weighted by atomic mass is 15.0. The molecule has 2 heteroatoms. The van der Waals surface area contributed by atoms with Crippen LogP contribution < -0.4 is 5.32 Å². The standard InChI is InChI=1S/C11H18N2/c1-11(2)7-10(11)12-8-9-5-4-6-13(9)3/h4-6,10,12H,7-8H2,1-3H3. The van der Waals surface area contributed by atoms with Crippen LogP contribution in [0, 0.1) is 5.41 Å². The second-order valence-electron chi connectivity index (χ2n) is 4.74. The number of aromatic nitrogens is 1. The Morgan fingerprint density at radius 1 is 1.62 bits per heavy atom. The van der Waals surface area contributed by atoms with Crippen molar-refractivity contribution in [2.24, 2.45) is 12.5 Å². The second-order valence-corrected chi connectivity index (χ2v) is 4.74. The van der Waals surface area contributed by atoms with Gasteiger partial charge in [0.2, 0.25) is 0 Å². The summed E-state index contributed by atoms with van der Waals surface area (Å²) in [5.74, 6) is 0. The molecule has 1 aliphatic rings. The molecular formula is C11H18N2. The van der Waals surface area contributed by atoms with E-state index < -0.39 is 0 Å². The van der Waals surface area contributed by atoms with E-state index in [0.29, 0.717) is 5.41 Å². The maximum Gasteiger partial charge on any atom is 0.0361 e. The average Bonchev–Trinajstić information content (AvgIpc) is 2.47. The van der Waals surface area contributed by atoms with E-state index in [2.05, 4.69) is 49.1 Å². The third-order valence-electron chi connectivity index (χ3n) is 3.09. The van der Waals surface area contributed by atoms with Gasteiger partial charge < -0.3 is 9.88 Å². The SMILES string of the molecule is Cn1cccc1CNC1CC1(C)C. The van der Waals surface area contributed by atoms with Crippen LogP contribution in [0.1, 0.15) is 26.0 Å². The van der Waals surface area contributed by atoms with E-state index in [9.17, 15) is 0 Å². The number of nitrogens with zero attached hydrogens (tertiary/aromatic N) is 1. The monoisotopic (exact) mass is 178 g/mol. The van der Waals surface area contributed by atoms with Gasteiger partial charge in [0.15, 0.2) is 0 Å². The molecule has 0 aromatic carbocycles. The van der Waals surface area contributed by atoms with Gasteiger partial charge in [-0.3, -0.25) is 0 Å². The van der Waals surface area contributed by atoms with Gasteiger partial charge in [-0.1, -0.05) is 13.8 Å². The van der Waals surface area contributed by atoms with E-state index in [0.717, 1.165) is 12.6 Å². The number of hydrogen-bond donors (Lipinski definition) is 1. The van der Waals surface area contributed by atoms with Crippen molar-refractivity contribution in [1.82, 2.24) is 9.88 Å². The van der Waals surface area contributed by atoms with Crippen LogP contribution in [0.25, 0.3) is 0 Å². The Balaban J connectivity index is 1.85. The first kappa shape index (κ1) is 8.82. The molecule has 1 heterocycles. The zero-order chi connectivity index (χ0) is 9.47. The highest BCUT2D eigenvalue weighted by molar-refractivity contribution is 5.08. The van der Waals surface area contributed by atoms with E-state index in [-0.39, 0.29) is 0 Å². The van der Waals surface area contributed by atoms with E-state index in [1.54, 1.807) is 0 Å². The van der Waals surface area contributed by atoms with Crippen LogP contribution in [0.2, 0.25) is 0 Å². The molecule has 1 unspecified atom stereocenters. The first-order chi connectivity index (χ1) is 6.09. The molecule has 1 atom stereocenters. The van der Waals surface area contributed by atoms with Crippen molar-refractivity contribution >= 4 is 0 Å². The van der Waals surface area contributed by atoms with Gasteiger partial charge in [0, 0.05) is 31.5 Å². The van der Waals surface area contributed by atoms with Crippen LogP contribution in [0.15, 0.2) is 18.3 Å². The van der Waals surface area contributed by atoms with Crippen LogP contribution >= 0.6 is 0 Å². The Morgan fingerprint density at radius 2 is 2.31 bits per heavy atom. The molecule has 0 amide bonds. The van der Waals surface area contributed by atoms with Gasteiger partial charge in [0.25, 0.3) is 0 Å². The summed E-state index contributed by atoms with van der Waals surface area (Å²) in [6.07, 6.45) is 3.41. The Kier molecular flexibility index (Phi) is 1.95. The molecule has 0 bridgehead atoms. The fourth-order valence-corrected chi connectivity index (χ4v) is 1.72. The lowest BCUT2D eigenvalue weighted by atomic mass is 10.2. The molecule has 1 saturated carbocycles. The zero-order valence-electron chi connectivity index (χ0n) is 8.67. The molecule has 2 nitrogen and oxygen atoms in total. The summed E-state index contributed by atoms with van der Waals surface area (Å²) in [4.78, 5) is 0. The molecule has 0 radical (unpaired) electrons. The van der Waals surface area contributed by atoms with Gasteiger partial charge in [0.1, 0.15) is 0 Å². The van der Waals surface area contributed by atoms with Crippen LogP contribution in [-0.4, -0.2) is 10.6 Å². The Hall–Kier alpha value is -0.760. The molecule has 13 heavy (non-hydrogen) atoms. The lowest BCUT2D eigenvalue weighted by Crippen LogP contribution is -2.21. The smallest absolute Gasteiger partial charge is 0.0361 e. The largest absolute Gasteiger partial charge is 0.353 e. The third kappa shape index (κ3) is 1.78. The van der Waals surface area contributed by atoms with Crippen LogP contribution in [0.4, 0.5) is 0 Å². The van der Waals surface area contributed by atoms with Gasteiger partial charge in [-0.25, -0.2) is 0 Å². The van der Waals surface area contributed by atoms with Crippen molar-refractivity contribution in [3.05, 3.63) is 24.0 Å². The van der Waals surface area contributed by atoms with Crippen LogP contribution in [-0.2, 0) is 13.6 Å². The molecule has 1 fully saturated rings. The summed E-state index contributed by atoms with van der Waals surface area (Å²) < 4.78 is 2.17. The second kappa shape index (κ2) is 2.88. The lowest BCUT2D eigenvalue weighted by molar-refractivity contribution is 0.534. The maximum absolute atomic E-state index is 3.57. The number of aryl methyl sites for hydroxylation is 1. The molecule has 0 aliphatic heterocycles. The zero-order valence-corrected chi connectivity index (χ0v) is 8.67. The topological polar surface area (TPSA) is 17.0 Å². The van der Waals surface area contributed by atoms with Gasteiger partial charge in [-0.2, -0.15) is 0 Å². The van der Waals surface area contributed by atoms with Crippen molar-refractivity contribution in [2.75, 3.05) is 0 Å². The quantitative estimate of drug-likeness (QED) is 0.748. The summed E-state index contributed by atoms with van der Waals surface area (Å²) >= 11 is 0. The molecule has 1 aromatic rings. The Labute approximate surface area is 79.9 Å². The Bertz CT molecular complexity index is 299. The molecule has 2 rings (SSSR count). The summed E-state index contributed by atoms with van der Waals surface area (Å²) in [5, 5.41) is 3.57. The summed E-state index contributed by atoms with van der Waals surface area (Å²) in [6, 6.07) is 4.99. The third-order valence-corrected chi connectivity index (χ3v) is 3.09. The van der Waals surface area contributed by atoms with Crippen molar-refractivity contribution in [1.29, 1.82) is 0 Å². The van der Waals surface area contributed by atoms with E-state index in [4.69, 9.17) is 0 Å². The van der Waals surface area contributed by atoms with Crippen LogP contribution in [0.3, 0.4) is 0 Å². The minimum absolute atomic E-state index is 0.533. The van der Waals surface area contributed by atoms with E-state index in [1.165, 1.54) is 12.1 Å². The maximum atomic E-state index is 3.57. The molecule has 1 aliphatic carbocycles. The van der Waals surface area contributed by atoms with E-state index >= 15 is 0 Å². The minimum Gasteiger partial charge on any atom is -0.353 e. The molecule has 0 saturated heterocycles. The highest BCUT2D eigenvalue weighted by Gasteiger charge is 2.44. The van der Waals surface area contributed by atoms with E-state index in [1.807, 2.05) is 0 Å². The van der Waals surface area contributed by atoms with Gasteiger partial charge in [-0.05, 0) is 24.0 Å². The first-order valence-electron chi connectivity index (χ1n) is 4.93. The van der Waals surface area contributed by atoms with Gasteiger partial charge in [0.05, 0.1) is 0 Å². The summed E-state index contributed by atoms with van der Waals surface area (Å²) in [7, 11) is 2.09. The first-order valence-corrected chi connectivity index (χ1v) is 4.93. The predicted octanol–water partition coefficient (Wildman–Crippen LogP) is 1.91. The van der Waals surface area contributed by atoms with Gasteiger partial charge >= 0.3 is 0 Å². The molecule has 1 N–H and O–H groups in total. The highest BCUT2D eigenvalue weighted by Crippen LogP contribution is 2.44. The lowest BCUT2D eigenvalue weighted by Gasteiger charge is -2.07. The van der Waals surface area contributed by atoms with Crippen LogP contribution in [0.5, 0.6) is 0 Å².